The van der Waals surface area contributed by atoms with E-state index in [0.717, 1.165) is 22.3 Å². The first-order chi connectivity index (χ1) is 9.31. The molecule has 0 spiro atoms. The fourth-order valence-corrected chi connectivity index (χ4v) is 1.81. The molecule has 0 saturated carbocycles. The minimum Gasteiger partial charge on any atom is -0.487 e. The predicted octanol–water partition coefficient (Wildman–Crippen LogP) is 3.26. The van der Waals surface area contributed by atoms with Gasteiger partial charge in [-0.2, -0.15) is 5.10 Å². The van der Waals surface area contributed by atoms with Gasteiger partial charge in [-0.3, -0.25) is 4.98 Å². The van der Waals surface area contributed by atoms with Crippen molar-refractivity contribution in [3.63, 3.8) is 0 Å². The minimum atomic E-state index is 0.350. The number of benzene rings is 1. The smallest absolute Gasteiger partial charge is 0.151 e. The lowest BCUT2D eigenvalue weighted by Crippen LogP contribution is -1.99. The van der Waals surface area contributed by atoms with Crippen LogP contribution in [0.2, 0.25) is 5.15 Å². The highest BCUT2D eigenvalue weighted by Gasteiger charge is 2.00. The lowest BCUT2D eigenvalue weighted by Gasteiger charge is -2.06. The Morgan fingerprint density at radius 1 is 1.05 bits per heavy atom. The van der Waals surface area contributed by atoms with E-state index in [9.17, 15) is 0 Å². The van der Waals surface area contributed by atoms with Crippen molar-refractivity contribution in [3.8, 4) is 5.75 Å². The van der Waals surface area contributed by atoms with Gasteiger partial charge >= 0.3 is 0 Å². The van der Waals surface area contributed by atoms with Crippen LogP contribution in [0.15, 0.2) is 48.7 Å². The summed E-state index contributed by atoms with van der Waals surface area (Å²) in [5.74, 6) is 0.753. The quantitative estimate of drug-likeness (QED) is 0.734. The molecule has 3 aromatic rings. The Kier molecular flexibility index (Phi) is 3.25. The summed E-state index contributed by atoms with van der Waals surface area (Å²) in [6, 6.07) is 13.2. The van der Waals surface area contributed by atoms with Crippen LogP contribution in [0.3, 0.4) is 0 Å². The molecule has 4 nitrogen and oxygen atoms in total. The molecule has 0 unspecified atom stereocenters. The summed E-state index contributed by atoms with van der Waals surface area (Å²) < 4.78 is 5.65. The molecule has 0 amide bonds. The summed E-state index contributed by atoms with van der Waals surface area (Å²) in [5, 5.41) is 9.16. The van der Waals surface area contributed by atoms with Crippen molar-refractivity contribution in [3.05, 3.63) is 59.5 Å². The van der Waals surface area contributed by atoms with Crippen molar-refractivity contribution >= 4 is 22.5 Å². The normalized spacial score (nSPS) is 10.6. The standard InChI is InChI=1S/C14H10ClN3O/c15-14-6-4-11(17-18-14)9-19-12-5-3-10-2-1-7-16-13(10)8-12/h1-8H,9H2. The van der Waals surface area contributed by atoms with Gasteiger partial charge in [0, 0.05) is 17.6 Å². The van der Waals surface area contributed by atoms with E-state index in [4.69, 9.17) is 16.3 Å². The zero-order valence-electron chi connectivity index (χ0n) is 9.95. The van der Waals surface area contributed by atoms with E-state index in [0.29, 0.717) is 11.8 Å². The monoisotopic (exact) mass is 271 g/mol. The van der Waals surface area contributed by atoms with Crippen LogP contribution in [0.1, 0.15) is 5.69 Å². The molecule has 0 fully saturated rings. The van der Waals surface area contributed by atoms with Crippen LogP contribution in [-0.4, -0.2) is 15.2 Å². The third-order valence-corrected chi connectivity index (χ3v) is 2.85. The summed E-state index contributed by atoms with van der Waals surface area (Å²) >= 11 is 5.67. The van der Waals surface area contributed by atoms with Crippen molar-refractivity contribution in [2.75, 3.05) is 0 Å². The molecule has 2 aromatic heterocycles. The molecular weight excluding hydrogens is 262 g/mol. The number of hydrogen-bond donors (Lipinski definition) is 0. The van der Waals surface area contributed by atoms with E-state index in [-0.39, 0.29) is 0 Å². The first-order valence-electron chi connectivity index (χ1n) is 5.77. The van der Waals surface area contributed by atoms with E-state index >= 15 is 0 Å². The van der Waals surface area contributed by atoms with Crippen molar-refractivity contribution in [1.29, 1.82) is 0 Å². The van der Waals surface area contributed by atoms with Crippen LogP contribution >= 0.6 is 11.6 Å². The number of rotatable bonds is 3. The predicted molar refractivity (Wildman–Crippen MR) is 73.1 cm³/mol. The van der Waals surface area contributed by atoms with Gasteiger partial charge in [-0.15, -0.1) is 5.10 Å². The van der Waals surface area contributed by atoms with Gasteiger partial charge in [0.25, 0.3) is 0 Å². The minimum absolute atomic E-state index is 0.350. The molecule has 0 N–H and O–H groups in total. The average Bonchev–Trinajstić information content (AvgIpc) is 2.46. The molecule has 0 saturated heterocycles. The largest absolute Gasteiger partial charge is 0.487 e. The molecule has 5 heteroatoms. The van der Waals surface area contributed by atoms with Gasteiger partial charge in [0.2, 0.25) is 0 Å². The summed E-state index contributed by atoms with van der Waals surface area (Å²) in [4.78, 5) is 4.28. The maximum Gasteiger partial charge on any atom is 0.151 e. The number of aromatic nitrogens is 3. The molecule has 0 aliphatic rings. The summed E-state index contributed by atoms with van der Waals surface area (Å²) in [7, 11) is 0. The summed E-state index contributed by atoms with van der Waals surface area (Å²) in [6.45, 7) is 0.350. The van der Waals surface area contributed by atoms with Crippen molar-refractivity contribution in [2.45, 2.75) is 6.61 Å². The molecule has 0 radical (unpaired) electrons. The Morgan fingerprint density at radius 2 is 2.00 bits per heavy atom. The van der Waals surface area contributed by atoms with Gasteiger partial charge in [0.05, 0.1) is 5.52 Å². The first kappa shape index (κ1) is 11.9. The van der Waals surface area contributed by atoms with Gasteiger partial charge in [-0.25, -0.2) is 0 Å². The van der Waals surface area contributed by atoms with Crippen LogP contribution < -0.4 is 4.74 Å². The number of hydrogen-bond acceptors (Lipinski definition) is 4. The molecule has 3 rings (SSSR count). The lowest BCUT2D eigenvalue weighted by molar-refractivity contribution is 0.300. The fraction of sp³-hybridized carbons (Fsp3) is 0.0714. The summed E-state index contributed by atoms with van der Waals surface area (Å²) in [5.41, 5.74) is 1.63. The topological polar surface area (TPSA) is 47.9 Å². The highest BCUT2D eigenvalue weighted by molar-refractivity contribution is 6.29. The zero-order chi connectivity index (χ0) is 13.1. The molecule has 19 heavy (non-hydrogen) atoms. The second kappa shape index (κ2) is 5.20. The van der Waals surface area contributed by atoms with Gasteiger partial charge < -0.3 is 4.74 Å². The number of fused-ring (bicyclic) bond motifs is 1. The molecule has 0 aliphatic heterocycles. The van der Waals surface area contributed by atoms with Crippen LogP contribution in [0.5, 0.6) is 5.75 Å². The molecule has 2 heterocycles. The van der Waals surface area contributed by atoms with E-state index in [1.54, 1.807) is 18.3 Å². The maximum atomic E-state index is 5.67. The SMILES string of the molecule is Clc1ccc(COc2ccc3cccnc3c2)nn1. The Labute approximate surface area is 115 Å². The Hall–Kier alpha value is -2.20. The Bertz CT molecular complexity index is 700. The number of halogens is 1. The highest BCUT2D eigenvalue weighted by Crippen LogP contribution is 2.19. The third-order valence-electron chi connectivity index (χ3n) is 2.65. The van der Waals surface area contributed by atoms with Crippen LogP contribution in [-0.2, 0) is 6.61 Å². The Balaban J connectivity index is 1.76. The maximum absolute atomic E-state index is 5.67. The van der Waals surface area contributed by atoms with E-state index in [2.05, 4.69) is 15.2 Å². The molecule has 0 bridgehead atoms. The van der Waals surface area contributed by atoms with Crippen molar-refractivity contribution < 1.29 is 4.74 Å². The van der Waals surface area contributed by atoms with Crippen molar-refractivity contribution in [2.24, 2.45) is 0 Å². The van der Waals surface area contributed by atoms with E-state index in [1.165, 1.54) is 0 Å². The van der Waals surface area contributed by atoms with E-state index in [1.807, 2.05) is 30.3 Å². The lowest BCUT2D eigenvalue weighted by atomic mass is 10.2. The number of ether oxygens (including phenoxy) is 1. The van der Waals surface area contributed by atoms with Crippen molar-refractivity contribution in [1.82, 2.24) is 15.2 Å². The molecular formula is C14H10ClN3O. The van der Waals surface area contributed by atoms with Gasteiger partial charge in [-0.05, 0) is 30.3 Å². The van der Waals surface area contributed by atoms with Gasteiger partial charge in [-0.1, -0.05) is 17.7 Å². The molecule has 94 valence electrons. The van der Waals surface area contributed by atoms with Gasteiger partial charge in [0.15, 0.2) is 5.15 Å². The zero-order valence-corrected chi connectivity index (χ0v) is 10.7. The first-order valence-corrected chi connectivity index (χ1v) is 6.15. The second-order valence-electron chi connectivity index (χ2n) is 3.99. The summed E-state index contributed by atoms with van der Waals surface area (Å²) in [6.07, 6.45) is 1.76. The van der Waals surface area contributed by atoms with E-state index < -0.39 is 0 Å². The molecule has 0 aliphatic carbocycles. The van der Waals surface area contributed by atoms with Crippen LogP contribution in [0.4, 0.5) is 0 Å². The second-order valence-corrected chi connectivity index (χ2v) is 4.38. The average molecular weight is 272 g/mol. The number of nitrogens with zero attached hydrogens (tertiary/aromatic N) is 3. The molecule has 1 aromatic carbocycles. The van der Waals surface area contributed by atoms with Crippen LogP contribution in [0, 0.1) is 0 Å². The van der Waals surface area contributed by atoms with Gasteiger partial charge in [0.1, 0.15) is 18.1 Å². The fourth-order valence-electron chi connectivity index (χ4n) is 1.71. The highest BCUT2D eigenvalue weighted by atomic mass is 35.5. The molecule has 0 atom stereocenters. The van der Waals surface area contributed by atoms with Crippen LogP contribution in [0.25, 0.3) is 10.9 Å². The third kappa shape index (κ3) is 2.80. The Morgan fingerprint density at radius 3 is 2.84 bits per heavy atom. The number of pyridine rings is 1.